The van der Waals surface area contributed by atoms with E-state index in [-0.39, 0.29) is 6.79 Å². The van der Waals surface area contributed by atoms with Crippen LogP contribution in [0.1, 0.15) is 16.7 Å². The topological polar surface area (TPSA) is 52.6 Å². The van der Waals surface area contributed by atoms with Crippen LogP contribution in [0.4, 0.5) is 0 Å². The molecule has 1 aliphatic rings. The summed E-state index contributed by atoms with van der Waals surface area (Å²) in [6, 6.07) is 18.0. The van der Waals surface area contributed by atoms with E-state index in [2.05, 4.69) is 28.5 Å². The van der Waals surface area contributed by atoms with Crippen molar-refractivity contribution < 1.29 is 14.2 Å². The SMILES string of the molecule is c1cncc(CNCc2ccc(OCc3ccc4c(c3)OCO4)cc2)c1. The van der Waals surface area contributed by atoms with Crippen LogP contribution in [-0.2, 0) is 19.7 Å². The minimum atomic E-state index is 0.288. The molecule has 1 aliphatic heterocycles. The minimum absolute atomic E-state index is 0.288. The zero-order chi connectivity index (χ0) is 17.6. The molecule has 26 heavy (non-hydrogen) atoms. The number of aromatic nitrogens is 1. The third-order valence-corrected chi connectivity index (χ3v) is 4.15. The lowest BCUT2D eigenvalue weighted by Crippen LogP contribution is -2.12. The van der Waals surface area contributed by atoms with Gasteiger partial charge in [-0.15, -0.1) is 0 Å². The summed E-state index contributed by atoms with van der Waals surface area (Å²) in [5.41, 5.74) is 3.44. The van der Waals surface area contributed by atoms with Gasteiger partial charge in [0.15, 0.2) is 11.5 Å². The average molecular weight is 348 g/mol. The first-order valence-corrected chi connectivity index (χ1v) is 8.57. The summed E-state index contributed by atoms with van der Waals surface area (Å²) >= 11 is 0. The Bertz CT molecular complexity index is 851. The van der Waals surface area contributed by atoms with Crippen LogP contribution in [0.15, 0.2) is 67.0 Å². The van der Waals surface area contributed by atoms with Crippen LogP contribution in [0, 0.1) is 0 Å². The van der Waals surface area contributed by atoms with Gasteiger partial charge in [-0.25, -0.2) is 0 Å². The zero-order valence-corrected chi connectivity index (χ0v) is 14.4. The minimum Gasteiger partial charge on any atom is -0.489 e. The Hall–Kier alpha value is -3.05. The molecule has 1 aromatic heterocycles. The van der Waals surface area contributed by atoms with Gasteiger partial charge in [0, 0.05) is 25.5 Å². The molecule has 132 valence electrons. The van der Waals surface area contributed by atoms with Gasteiger partial charge in [-0.1, -0.05) is 24.3 Å². The molecule has 2 aromatic carbocycles. The Morgan fingerprint density at radius 1 is 0.885 bits per heavy atom. The van der Waals surface area contributed by atoms with Crippen LogP contribution in [0.2, 0.25) is 0 Å². The molecule has 0 saturated carbocycles. The third-order valence-electron chi connectivity index (χ3n) is 4.15. The maximum atomic E-state index is 5.86. The number of ether oxygens (including phenoxy) is 3. The summed E-state index contributed by atoms with van der Waals surface area (Å²) in [6.07, 6.45) is 3.66. The van der Waals surface area contributed by atoms with Gasteiger partial charge in [-0.05, 0) is 47.0 Å². The molecule has 0 amide bonds. The summed E-state index contributed by atoms with van der Waals surface area (Å²) in [5.74, 6) is 2.41. The number of pyridine rings is 1. The second-order valence-corrected chi connectivity index (χ2v) is 6.09. The summed E-state index contributed by atoms with van der Waals surface area (Å²) < 4.78 is 16.6. The van der Waals surface area contributed by atoms with Crippen LogP contribution >= 0.6 is 0 Å². The molecule has 2 heterocycles. The quantitative estimate of drug-likeness (QED) is 0.706. The molecule has 0 unspecified atom stereocenters. The number of fused-ring (bicyclic) bond motifs is 1. The number of hydrogen-bond donors (Lipinski definition) is 1. The summed E-state index contributed by atoms with van der Waals surface area (Å²) in [7, 11) is 0. The third kappa shape index (κ3) is 4.13. The molecule has 1 N–H and O–H groups in total. The molecule has 0 bridgehead atoms. The molecular formula is C21H20N2O3. The predicted octanol–water partition coefficient (Wildman–Crippen LogP) is 3.68. The molecule has 5 heteroatoms. The molecule has 3 aromatic rings. The summed E-state index contributed by atoms with van der Waals surface area (Å²) in [4.78, 5) is 4.12. The van der Waals surface area contributed by atoms with Crippen molar-refractivity contribution in [2.75, 3.05) is 6.79 Å². The molecule has 0 atom stereocenters. The predicted molar refractivity (Wildman–Crippen MR) is 98.1 cm³/mol. The van der Waals surface area contributed by atoms with E-state index in [4.69, 9.17) is 14.2 Å². The lowest BCUT2D eigenvalue weighted by atomic mass is 10.2. The van der Waals surface area contributed by atoms with Gasteiger partial charge in [0.1, 0.15) is 12.4 Å². The van der Waals surface area contributed by atoms with Crippen molar-refractivity contribution in [2.45, 2.75) is 19.7 Å². The normalized spacial score (nSPS) is 12.2. The van der Waals surface area contributed by atoms with Crippen LogP contribution in [0.3, 0.4) is 0 Å². The number of hydrogen-bond acceptors (Lipinski definition) is 5. The lowest BCUT2D eigenvalue weighted by molar-refractivity contribution is 0.174. The molecule has 0 fully saturated rings. The first-order valence-electron chi connectivity index (χ1n) is 8.57. The second kappa shape index (κ2) is 7.89. The van der Waals surface area contributed by atoms with Crippen LogP contribution in [0.5, 0.6) is 17.2 Å². The Kier molecular flexibility index (Phi) is 4.98. The van der Waals surface area contributed by atoms with Crippen molar-refractivity contribution in [2.24, 2.45) is 0 Å². The Labute approximate surface area is 152 Å². The van der Waals surface area contributed by atoms with Crippen LogP contribution in [-0.4, -0.2) is 11.8 Å². The first-order chi connectivity index (χ1) is 12.9. The van der Waals surface area contributed by atoms with Crippen molar-refractivity contribution in [1.29, 1.82) is 0 Å². The highest BCUT2D eigenvalue weighted by Crippen LogP contribution is 2.32. The highest BCUT2D eigenvalue weighted by Gasteiger charge is 2.13. The van der Waals surface area contributed by atoms with E-state index in [0.29, 0.717) is 6.61 Å². The molecule has 0 saturated heterocycles. The highest BCUT2D eigenvalue weighted by atomic mass is 16.7. The summed E-state index contributed by atoms with van der Waals surface area (Å²) in [5, 5.41) is 3.41. The van der Waals surface area contributed by atoms with Crippen molar-refractivity contribution in [3.63, 3.8) is 0 Å². The van der Waals surface area contributed by atoms with Gasteiger partial charge in [0.05, 0.1) is 0 Å². The fourth-order valence-electron chi connectivity index (χ4n) is 2.75. The van der Waals surface area contributed by atoms with E-state index in [1.54, 1.807) is 6.20 Å². The van der Waals surface area contributed by atoms with E-state index in [0.717, 1.165) is 35.9 Å². The lowest BCUT2D eigenvalue weighted by Gasteiger charge is -2.09. The van der Waals surface area contributed by atoms with Gasteiger partial charge < -0.3 is 19.5 Å². The van der Waals surface area contributed by atoms with E-state index >= 15 is 0 Å². The molecule has 4 rings (SSSR count). The molecule has 0 radical (unpaired) electrons. The average Bonchev–Trinajstić information content (AvgIpc) is 3.16. The Balaban J connectivity index is 1.26. The Morgan fingerprint density at radius 3 is 2.54 bits per heavy atom. The highest BCUT2D eigenvalue weighted by molar-refractivity contribution is 5.44. The van der Waals surface area contributed by atoms with Gasteiger partial charge >= 0.3 is 0 Å². The first kappa shape index (κ1) is 16.4. The van der Waals surface area contributed by atoms with Gasteiger partial charge in [-0.2, -0.15) is 0 Å². The molecule has 5 nitrogen and oxygen atoms in total. The van der Waals surface area contributed by atoms with Crippen molar-refractivity contribution in [1.82, 2.24) is 10.3 Å². The molecular weight excluding hydrogens is 328 g/mol. The maximum Gasteiger partial charge on any atom is 0.231 e. The van der Waals surface area contributed by atoms with Crippen molar-refractivity contribution >= 4 is 0 Å². The van der Waals surface area contributed by atoms with E-state index in [9.17, 15) is 0 Å². The Morgan fingerprint density at radius 2 is 1.69 bits per heavy atom. The number of rotatable bonds is 7. The largest absolute Gasteiger partial charge is 0.489 e. The van der Waals surface area contributed by atoms with Crippen molar-refractivity contribution in [3.05, 3.63) is 83.7 Å². The monoisotopic (exact) mass is 348 g/mol. The van der Waals surface area contributed by atoms with Gasteiger partial charge in [0.2, 0.25) is 6.79 Å². The van der Waals surface area contributed by atoms with E-state index in [1.807, 2.05) is 42.6 Å². The van der Waals surface area contributed by atoms with Gasteiger partial charge in [-0.3, -0.25) is 4.98 Å². The standard InChI is InChI=1S/C21H20N2O3/c1-2-18(12-22-9-1)13-23-11-16-3-6-19(7-4-16)24-14-17-5-8-20-21(10-17)26-15-25-20/h1-10,12,23H,11,13-15H2. The van der Waals surface area contributed by atoms with E-state index < -0.39 is 0 Å². The zero-order valence-electron chi connectivity index (χ0n) is 14.4. The smallest absolute Gasteiger partial charge is 0.231 e. The van der Waals surface area contributed by atoms with Crippen LogP contribution < -0.4 is 19.5 Å². The van der Waals surface area contributed by atoms with E-state index in [1.165, 1.54) is 11.1 Å². The molecule has 0 aliphatic carbocycles. The number of nitrogens with zero attached hydrogens (tertiary/aromatic N) is 1. The fraction of sp³-hybridized carbons (Fsp3) is 0.190. The number of benzene rings is 2. The van der Waals surface area contributed by atoms with Crippen molar-refractivity contribution in [3.8, 4) is 17.2 Å². The van der Waals surface area contributed by atoms with Gasteiger partial charge in [0.25, 0.3) is 0 Å². The second-order valence-electron chi connectivity index (χ2n) is 6.09. The van der Waals surface area contributed by atoms with Crippen LogP contribution in [0.25, 0.3) is 0 Å². The summed E-state index contributed by atoms with van der Waals surface area (Å²) in [6.45, 7) is 2.39. The molecule has 0 spiro atoms. The fourth-order valence-corrected chi connectivity index (χ4v) is 2.75. The maximum absolute atomic E-state index is 5.86. The number of nitrogens with one attached hydrogen (secondary N) is 1.